The van der Waals surface area contributed by atoms with E-state index in [0.717, 1.165) is 24.8 Å². The summed E-state index contributed by atoms with van der Waals surface area (Å²) in [6.45, 7) is 12.9. The fraction of sp³-hybridized carbons (Fsp3) is 0.400. The molecule has 0 aliphatic heterocycles. The van der Waals surface area contributed by atoms with Crippen molar-refractivity contribution in [1.29, 1.82) is 0 Å². The lowest BCUT2D eigenvalue weighted by Gasteiger charge is -2.28. The lowest BCUT2D eigenvalue weighted by Crippen LogP contribution is -2.03. The Labute approximate surface area is 220 Å². The molecule has 3 unspecified atom stereocenters. The third-order valence-electron chi connectivity index (χ3n) is 6.48. The molecule has 3 rings (SSSR count). The van der Waals surface area contributed by atoms with Crippen molar-refractivity contribution < 1.29 is 9.09 Å². The monoisotopic (exact) mass is 526 g/mol. The number of hydrogen-bond donors (Lipinski definition) is 0. The van der Waals surface area contributed by atoms with Crippen LogP contribution in [0.3, 0.4) is 0 Å². The standard InChI is InChI=1S/C30H39O2PS2/c1-7-25-16-10-13-19-28(25)22(4)32-33(31,34-23(5)29-20-14-11-17-26(29)8-2)35-24(6)30-21-15-12-18-27(30)9-3/h10-24H,7-9H2,1-6H3. The maximum atomic E-state index is 14.7. The zero-order chi connectivity index (χ0) is 25.4. The molecule has 0 aliphatic carbocycles. The van der Waals surface area contributed by atoms with Gasteiger partial charge in [-0.3, -0.25) is 4.57 Å². The lowest BCUT2D eigenvalue weighted by molar-refractivity contribution is 0.244. The second-order valence-electron chi connectivity index (χ2n) is 8.85. The van der Waals surface area contributed by atoms with Crippen LogP contribution in [0.15, 0.2) is 72.8 Å². The van der Waals surface area contributed by atoms with E-state index >= 15 is 0 Å². The zero-order valence-electron chi connectivity index (χ0n) is 21.9. The van der Waals surface area contributed by atoms with Gasteiger partial charge in [0.2, 0.25) is 0 Å². The van der Waals surface area contributed by atoms with Crippen LogP contribution < -0.4 is 0 Å². The smallest absolute Gasteiger partial charge is 0.306 e. The van der Waals surface area contributed by atoms with Gasteiger partial charge in [-0.25, -0.2) is 0 Å². The number of benzene rings is 3. The minimum Gasteiger partial charge on any atom is -0.306 e. The van der Waals surface area contributed by atoms with Gasteiger partial charge in [-0.1, -0.05) is 116 Å². The first-order valence-corrected chi connectivity index (χ1v) is 17.3. The third kappa shape index (κ3) is 7.29. The molecule has 0 saturated carbocycles. The van der Waals surface area contributed by atoms with Crippen LogP contribution in [0.1, 0.15) is 91.5 Å². The highest BCUT2D eigenvalue weighted by molar-refractivity contribution is 8.89. The third-order valence-corrected chi connectivity index (χ3v) is 14.2. The van der Waals surface area contributed by atoms with Gasteiger partial charge in [0.05, 0.1) is 6.10 Å². The molecule has 0 spiro atoms. The van der Waals surface area contributed by atoms with Crippen LogP contribution in [0, 0.1) is 0 Å². The van der Waals surface area contributed by atoms with E-state index in [1.165, 1.54) is 50.6 Å². The first kappa shape index (κ1) is 28.1. The summed E-state index contributed by atoms with van der Waals surface area (Å²) in [4.78, 5) is 0. The van der Waals surface area contributed by atoms with E-state index < -0.39 is 5.77 Å². The topological polar surface area (TPSA) is 26.3 Å². The van der Waals surface area contributed by atoms with Crippen molar-refractivity contribution in [1.82, 2.24) is 0 Å². The Morgan fingerprint density at radius 1 is 0.629 bits per heavy atom. The Bertz CT molecular complexity index is 1010. The normalized spacial score (nSPS) is 15.8. The molecule has 0 N–H and O–H groups in total. The summed E-state index contributed by atoms with van der Waals surface area (Å²) in [6.07, 6.45) is 2.59. The number of rotatable bonds is 12. The van der Waals surface area contributed by atoms with Crippen LogP contribution in [0.25, 0.3) is 0 Å². The summed E-state index contributed by atoms with van der Waals surface area (Å²) < 4.78 is 21.2. The Kier molecular flexibility index (Phi) is 10.6. The SMILES string of the molecule is CCc1ccccc1C(C)OP(=O)(SC(C)c1ccccc1CC)SC(C)c1ccccc1CC. The molecule has 0 amide bonds. The fourth-order valence-corrected chi connectivity index (χ4v) is 13.7. The van der Waals surface area contributed by atoms with E-state index in [9.17, 15) is 4.57 Å². The minimum absolute atomic E-state index is 0.0618. The molecule has 3 atom stereocenters. The molecule has 5 heteroatoms. The van der Waals surface area contributed by atoms with E-state index in [1.54, 1.807) is 0 Å². The van der Waals surface area contributed by atoms with Crippen LogP contribution in [-0.4, -0.2) is 0 Å². The van der Waals surface area contributed by atoms with Crippen molar-refractivity contribution in [3.05, 3.63) is 106 Å². The van der Waals surface area contributed by atoms with Crippen molar-refractivity contribution in [3.8, 4) is 0 Å². The van der Waals surface area contributed by atoms with Crippen LogP contribution in [0.4, 0.5) is 0 Å². The number of aryl methyl sites for hydroxylation is 3. The fourth-order valence-electron chi connectivity index (χ4n) is 4.58. The first-order chi connectivity index (χ1) is 16.8. The Balaban J connectivity index is 1.94. The molecule has 0 aromatic heterocycles. The van der Waals surface area contributed by atoms with Crippen molar-refractivity contribution in [2.24, 2.45) is 0 Å². The van der Waals surface area contributed by atoms with Crippen molar-refractivity contribution in [2.45, 2.75) is 77.4 Å². The highest BCUT2D eigenvalue weighted by Gasteiger charge is 2.35. The van der Waals surface area contributed by atoms with Crippen LogP contribution >= 0.6 is 28.5 Å². The van der Waals surface area contributed by atoms with Crippen LogP contribution in [0.5, 0.6) is 0 Å². The molecule has 188 valence electrons. The number of hydrogen-bond acceptors (Lipinski definition) is 4. The molecular formula is C30H39O2PS2. The summed E-state index contributed by atoms with van der Waals surface area (Å²) in [6, 6.07) is 25.3. The first-order valence-electron chi connectivity index (χ1n) is 12.7. The summed E-state index contributed by atoms with van der Waals surface area (Å²) in [5.74, 6) is -3.14. The summed E-state index contributed by atoms with van der Waals surface area (Å²) in [7, 11) is 0. The van der Waals surface area contributed by atoms with E-state index in [2.05, 4.69) is 101 Å². The predicted octanol–water partition coefficient (Wildman–Crippen LogP) is 10.5. The second-order valence-corrected chi connectivity index (χ2v) is 16.6. The molecule has 3 aromatic carbocycles. The van der Waals surface area contributed by atoms with E-state index in [0.29, 0.717) is 0 Å². The van der Waals surface area contributed by atoms with Crippen molar-refractivity contribution in [3.63, 3.8) is 0 Å². The minimum atomic E-state index is -3.14. The molecule has 0 saturated heterocycles. The maximum Gasteiger partial charge on any atom is 0.314 e. The molecular weight excluding hydrogens is 487 g/mol. The molecule has 0 heterocycles. The van der Waals surface area contributed by atoms with Gasteiger partial charge in [0, 0.05) is 10.5 Å². The molecule has 35 heavy (non-hydrogen) atoms. The van der Waals surface area contributed by atoms with Crippen LogP contribution in [-0.2, 0) is 28.4 Å². The van der Waals surface area contributed by atoms with E-state index in [1.807, 2.05) is 13.0 Å². The molecule has 0 bridgehead atoms. The maximum absolute atomic E-state index is 14.7. The molecule has 0 radical (unpaired) electrons. The summed E-state index contributed by atoms with van der Waals surface area (Å²) in [5, 5.41) is 0.124. The largest absolute Gasteiger partial charge is 0.314 e. The Hall–Kier alpha value is -1.45. The molecule has 0 aliphatic rings. The highest BCUT2D eigenvalue weighted by atomic mass is 33.1. The second kappa shape index (κ2) is 13.2. The quantitative estimate of drug-likeness (QED) is 0.219. The predicted molar refractivity (Wildman–Crippen MR) is 157 cm³/mol. The van der Waals surface area contributed by atoms with Gasteiger partial charge in [0.1, 0.15) is 0 Å². The van der Waals surface area contributed by atoms with Gasteiger partial charge in [0.25, 0.3) is 0 Å². The van der Waals surface area contributed by atoms with Crippen molar-refractivity contribution >= 4 is 28.5 Å². The van der Waals surface area contributed by atoms with Gasteiger partial charge in [-0.2, -0.15) is 0 Å². The Morgan fingerprint density at radius 2 is 0.971 bits per heavy atom. The lowest BCUT2D eigenvalue weighted by atomic mass is 10.0. The van der Waals surface area contributed by atoms with Gasteiger partial charge < -0.3 is 4.52 Å². The summed E-state index contributed by atoms with van der Waals surface area (Å²) in [5.41, 5.74) is 7.46. The average molecular weight is 527 g/mol. The van der Waals surface area contributed by atoms with Gasteiger partial charge in [0.15, 0.2) is 0 Å². The Morgan fingerprint density at radius 3 is 1.37 bits per heavy atom. The zero-order valence-corrected chi connectivity index (χ0v) is 24.4. The van der Waals surface area contributed by atoms with E-state index in [-0.39, 0.29) is 16.6 Å². The molecule has 0 fully saturated rings. The highest BCUT2D eigenvalue weighted by Crippen LogP contribution is 2.77. The molecule has 3 aromatic rings. The van der Waals surface area contributed by atoms with E-state index in [4.69, 9.17) is 4.52 Å². The van der Waals surface area contributed by atoms with Gasteiger partial charge in [-0.05, 0) is 73.4 Å². The van der Waals surface area contributed by atoms with Gasteiger partial charge in [-0.15, -0.1) is 0 Å². The summed E-state index contributed by atoms with van der Waals surface area (Å²) >= 11 is 3.00. The van der Waals surface area contributed by atoms with Crippen LogP contribution in [0.2, 0.25) is 0 Å². The molecule has 2 nitrogen and oxygen atoms in total. The average Bonchev–Trinajstić information content (AvgIpc) is 2.88. The van der Waals surface area contributed by atoms with Gasteiger partial charge >= 0.3 is 5.77 Å². The van der Waals surface area contributed by atoms with Crippen molar-refractivity contribution in [2.75, 3.05) is 0 Å².